The summed E-state index contributed by atoms with van der Waals surface area (Å²) < 4.78 is 5.11. The number of phenols is 2. The number of phenolic OH excluding ortho intramolecular Hbond substituents is 2. The van der Waals surface area contributed by atoms with Gasteiger partial charge in [0.2, 0.25) is 11.6 Å². The first kappa shape index (κ1) is 17.9. The lowest BCUT2D eigenvalue weighted by atomic mass is 10.1. The lowest BCUT2D eigenvalue weighted by Gasteiger charge is -2.02. The number of nitro benzene ring substituents is 1. The lowest BCUT2D eigenvalue weighted by Crippen LogP contribution is -2.09. The third kappa shape index (κ3) is 3.30. The van der Waals surface area contributed by atoms with Gasteiger partial charge in [0.15, 0.2) is 5.75 Å². The van der Waals surface area contributed by atoms with Gasteiger partial charge in [0.1, 0.15) is 0 Å². The molecule has 144 valence electrons. The van der Waals surface area contributed by atoms with Gasteiger partial charge in [-0.3, -0.25) is 14.9 Å². The SMILES string of the molecule is O=c1[nH]cc(-c2ccccc2)cc1-c1noc(-c2cc(O)c(O)c([N+](=O)[O-])c2)n1. The summed E-state index contributed by atoms with van der Waals surface area (Å²) >= 11 is 0. The van der Waals surface area contributed by atoms with Crippen molar-refractivity contribution in [2.75, 3.05) is 0 Å². The monoisotopic (exact) mass is 392 g/mol. The number of nitrogens with one attached hydrogen (secondary N) is 1. The summed E-state index contributed by atoms with van der Waals surface area (Å²) in [6.07, 6.45) is 1.56. The van der Waals surface area contributed by atoms with Crippen molar-refractivity contribution < 1.29 is 19.7 Å². The number of aromatic amines is 1. The second kappa shape index (κ2) is 6.93. The molecule has 4 rings (SSSR count). The first-order valence-corrected chi connectivity index (χ1v) is 8.27. The Kier molecular flexibility index (Phi) is 4.28. The zero-order valence-corrected chi connectivity index (χ0v) is 14.6. The zero-order valence-electron chi connectivity index (χ0n) is 14.6. The highest BCUT2D eigenvalue weighted by atomic mass is 16.6. The minimum Gasteiger partial charge on any atom is -0.504 e. The van der Waals surface area contributed by atoms with Gasteiger partial charge in [-0.15, -0.1) is 0 Å². The van der Waals surface area contributed by atoms with Crippen LogP contribution in [0.15, 0.2) is 64.0 Å². The fourth-order valence-electron chi connectivity index (χ4n) is 2.76. The highest BCUT2D eigenvalue weighted by molar-refractivity contribution is 5.71. The van der Waals surface area contributed by atoms with Crippen LogP contribution in [0.4, 0.5) is 5.69 Å². The molecule has 0 aliphatic heterocycles. The summed E-state index contributed by atoms with van der Waals surface area (Å²) in [5.74, 6) is -1.78. The molecule has 3 N–H and O–H groups in total. The van der Waals surface area contributed by atoms with Crippen LogP contribution in [0.5, 0.6) is 11.5 Å². The van der Waals surface area contributed by atoms with Crippen LogP contribution >= 0.6 is 0 Å². The molecule has 0 fully saturated rings. The number of pyridine rings is 1. The molecular weight excluding hydrogens is 380 g/mol. The van der Waals surface area contributed by atoms with Crippen molar-refractivity contribution in [3.63, 3.8) is 0 Å². The number of nitro groups is 1. The number of benzene rings is 2. The predicted octanol–water partition coefficient (Wildman–Crippen LogP) is 3.08. The molecule has 2 aromatic heterocycles. The quantitative estimate of drug-likeness (QED) is 0.272. The van der Waals surface area contributed by atoms with E-state index in [1.54, 1.807) is 12.3 Å². The van der Waals surface area contributed by atoms with E-state index in [-0.39, 0.29) is 22.8 Å². The van der Waals surface area contributed by atoms with Crippen LogP contribution in [0.1, 0.15) is 0 Å². The molecule has 2 aromatic carbocycles. The summed E-state index contributed by atoms with van der Waals surface area (Å²) in [5, 5.41) is 34.1. The molecule has 29 heavy (non-hydrogen) atoms. The smallest absolute Gasteiger partial charge is 0.315 e. The second-order valence-corrected chi connectivity index (χ2v) is 6.04. The van der Waals surface area contributed by atoms with Crippen LogP contribution in [0.2, 0.25) is 0 Å². The van der Waals surface area contributed by atoms with Crippen LogP contribution in [-0.4, -0.2) is 30.3 Å². The number of aromatic hydroxyl groups is 2. The minimum absolute atomic E-state index is 0.0152. The molecule has 0 saturated heterocycles. The third-order valence-electron chi connectivity index (χ3n) is 4.19. The standard InChI is InChI=1S/C19H12N4O6/c24-15-8-11(7-14(16(15)25)23(27)28)19-21-17(22-29-19)13-6-12(9-20-18(13)26)10-4-2-1-3-5-10/h1-9,24-25H,(H,20,26). The largest absolute Gasteiger partial charge is 0.504 e. The molecule has 0 radical (unpaired) electrons. The Labute approximate surface area is 161 Å². The van der Waals surface area contributed by atoms with Gasteiger partial charge in [0.25, 0.3) is 11.4 Å². The molecule has 10 heteroatoms. The highest BCUT2D eigenvalue weighted by Crippen LogP contribution is 2.39. The maximum absolute atomic E-state index is 12.3. The molecule has 0 bridgehead atoms. The van der Waals surface area contributed by atoms with Gasteiger partial charge in [0.05, 0.1) is 16.1 Å². The first-order valence-electron chi connectivity index (χ1n) is 8.27. The van der Waals surface area contributed by atoms with E-state index in [9.17, 15) is 25.1 Å². The van der Waals surface area contributed by atoms with Crippen molar-refractivity contribution in [3.8, 4) is 45.5 Å². The van der Waals surface area contributed by atoms with Crippen molar-refractivity contribution in [2.45, 2.75) is 0 Å². The van der Waals surface area contributed by atoms with E-state index in [1.165, 1.54) is 0 Å². The highest BCUT2D eigenvalue weighted by Gasteiger charge is 2.22. The molecular formula is C19H12N4O6. The second-order valence-electron chi connectivity index (χ2n) is 6.04. The van der Waals surface area contributed by atoms with Crippen molar-refractivity contribution >= 4 is 5.69 Å². The molecule has 0 aliphatic rings. The average Bonchev–Trinajstić information content (AvgIpc) is 3.20. The molecule has 0 amide bonds. The first-order chi connectivity index (χ1) is 13.9. The number of nitrogens with zero attached hydrogens (tertiary/aromatic N) is 3. The molecule has 0 atom stereocenters. The summed E-state index contributed by atoms with van der Waals surface area (Å²) in [4.78, 5) is 29.1. The van der Waals surface area contributed by atoms with Crippen LogP contribution in [-0.2, 0) is 0 Å². The maximum atomic E-state index is 12.3. The molecule has 0 aliphatic carbocycles. The van der Waals surface area contributed by atoms with Gasteiger partial charge in [-0.1, -0.05) is 35.5 Å². The van der Waals surface area contributed by atoms with Crippen LogP contribution in [0.3, 0.4) is 0 Å². The topological polar surface area (TPSA) is 155 Å². The molecule has 0 unspecified atom stereocenters. The van der Waals surface area contributed by atoms with E-state index in [1.807, 2.05) is 30.3 Å². The number of aromatic nitrogens is 3. The Bertz CT molecular complexity index is 1280. The number of H-pyrrole nitrogens is 1. The Morgan fingerprint density at radius 2 is 1.79 bits per heavy atom. The van der Waals surface area contributed by atoms with Crippen molar-refractivity contribution in [1.29, 1.82) is 0 Å². The zero-order chi connectivity index (χ0) is 20.5. The molecule has 0 saturated carbocycles. The number of hydrogen-bond donors (Lipinski definition) is 3. The van der Waals surface area contributed by atoms with E-state index >= 15 is 0 Å². The Morgan fingerprint density at radius 1 is 1.03 bits per heavy atom. The van der Waals surface area contributed by atoms with E-state index < -0.39 is 27.7 Å². The van der Waals surface area contributed by atoms with E-state index in [0.29, 0.717) is 0 Å². The third-order valence-corrected chi connectivity index (χ3v) is 4.19. The number of rotatable bonds is 4. The maximum Gasteiger partial charge on any atom is 0.315 e. The molecule has 4 aromatic rings. The molecule has 0 spiro atoms. The Balaban J connectivity index is 1.78. The average molecular weight is 392 g/mol. The molecule has 2 heterocycles. The van der Waals surface area contributed by atoms with E-state index in [0.717, 1.165) is 23.3 Å². The Hall–Kier alpha value is -4.47. The van der Waals surface area contributed by atoms with E-state index in [2.05, 4.69) is 15.1 Å². The van der Waals surface area contributed by atoms with Crippen molar-refractivity contribution in [3.05, 3.63) is 75.2 Å². The van der Waals surface area contributed by atoms with Gasteiger partial charge in [-0.25, -0.2) is 0 Å². The van der Waals surface area contributed by atoms with Crippen molar-refractivity contribution in [1.82, 2.24) is 15.1 Å². The lowest BCUT2D eigenvalue weighted by molar-refractivity contribution is -0.385. The summed E-state index contributed by atoms with van der Waals surface area (Å²) in [7, 11) is 0. The fourth-order valence-corrected chi connectivity index (χ4v) is 2.76. The van der Waals surface area contributed by atoms with Crippen LogP contribution in [0.25, 0.3) is 34.0 Å². The summed E-state index contributed by atoms with van der Waals surface area (Å²) in [6.45, 7) is 0. The van der Waals surface area contributed by atoms with Gasteiger partial charge in [-0.2, -0.15) is 4.98 Å². The molecule has 10 nitrogen and oxygen atoms in total. The van der Waals surface area contributed by atoms with Crippen LogP contribution < -0.4 is 5.56 Å². The summed E-state index contributed by atoms with van der Waals surface area (Å²) in [6, 6.07) is 13.0. The Morgan fingerprint density at radius 3 is 2.52 bits per heavy atom. The summed E-state index contributed by atoms with van der Waals surface area (Å²) in [5.41, 5.74) is 0.581. The van der Waals surface area contributed by atoms with Gasteiger partial charge in [0, 0.05) is 12.3 Å². The fraction of sp³-hybridized carbons (Fsp3) is 0. The van der Waals surface area contributed by atoms with Gasteiger partial charge >= 0.3 is 5.69 Å². The van der Waals surface area contributed by atoms with Gasteiger partial charge < -0.3 is 19.7 Å². The van der Waals surface area contributed by atoms with Crippen molar-refractivity contribution in [2.24, 2.45) is 0 Å². The van der Waals surface area contributed by atoms with Gasteiger partial charge in [-0.05, 0) is 23.3 Å². The minimum atomic E-state index is -0.870. The van der Waals surface area contributed by atoms with E-state index in [4.69, 9.17) is 4.52 Å². The van der Waals surface area contributed by atoms with Crippen LogP contribution in [0, 0.1) is 10.1 Å². The predicted molar refractivity (Wildman–Crippen MR) is 101 cm³/mol. The normalized spacial score (nSPS) is 10.8. The number of hydrogen-bond acceptors (Lipinski definition) is 8.